The van der Waals surface area contributed by atoms with Crippen molar-refractivity contribution in [2.75, 3.05) is 11.9 Å². The molecule has 0 aliphatic rings. The Morgan fingerprint density at radius 3 is 2.55 bits per heavy atom. The Bertz CT molecular complexity index is 576. The molecule has 1 aromatic carbocycles. The SMILES string of the molecule is CCCNc1cc(C(C)C)nc(-c2ccccc2C)n1. The molecule has 3 heteroatoms. The van der Waals surface area contributed by atoms with Crippen LogP contribution in [-0.4, -0.2) is 16.5 Å². The van der Waals surface area contributed by atoms with Gasteiger partial charge in [0.15, 0.2) is 5.82 Å². The number of aromatic nitrogens is 2. The highest BCUT2D eigenvalue weighted by atomic mass is 15.0. The number of aryl methyl sites for hydroxylation is 1. The van der Waals surface area contributed by atoms with E-state index >= 15 is 0 Å². The van der Waals surface area contributed by atoms with Crippen molar-refractivity contribution in [1.29, 1.82) is 0 Å². The van der Waals surface area contributed by atoms with E-state index in [1.165, 1.54) is 5.56 Å². The summed E-state index contributed by atoms with van der Waals surface area (Å²) in [5, 5.41) is 3.37. The lowest BCUT2D eigenvalue weighted by Crippen LogP contribution is -2.06. The molecule has 0 amide bonds. The summed E-state index contributed by atoms with van der Waals surface area (Å²) in [5.74, 6) is 2.12. The Morgan fingerprint density at radius 1 is 1.15 bits per heavy atom. The van der Waals surface area contributed by atoms with Crippen molar-refractivity contribution in [3.05, 3.63) is 41.6 Å². The molecule has 0 aliphatic carbocycles. The summed E-state index contributed by atoms with van der Waals surface area (Å²) in [6.45, 7) is 9.50. The van der Waals surface area contributed by atoms with Crippen LogP contribution >= 0.6 is 0 Å². The average molecular weight is 269 g/mol. The van der Waals surface area contributed by atoms with Crippen molar-refractivity contribution in [3.63, 3.8) is 0 Å². The maximum atomic E-state index is 4.72. The molecular weight excluding hydrogens is 246 g/mol. The molecule has 2 rings (SSSR count). The fraction of sp³-hybridized carbons (Fsp3) is 0.412. The maximum absolute atomic E-state index is 4.72. The summed E-state index contributed by atoms with van der Waals surface area (Å²) in [6.07, 6.45) is 1.08. The molecule has 0 unspecified atom stereocenters. The van der Waals surface area contributed by atoms with Crippen molar-refractivity contribution in [2.24, 2.45) is 0 Å². The van der Waals surface area contributed by atoms with E-state index in [1.54, 1.807) is 0 Å². The first-order valence-corrected chi connectivity index (χ1v) is 7.30. The molecular formula is C17H23N3. The monoisotopic (exact) mass is 269 g/mol. The van der Waals surface area contributed by atoms with Crippen LogP contribution in [0.2, 0.25) is 0 Å². The van der Waals surface area contributed by atoms with Gasteiger partial charge in [-0.3, -0.25) is 0 Å². The highest BCUT2D eigenvalue weighted by Crippen LogP contribution is 2.24. The van der Waals surface area contributed by atoms with Crippen LogP contribution in [0.25, 0.3) is 11.4 Å². The summed E-state index contributed by atoms with van der Waals surface area (Å²) in [7, 11) is 0. The van der Waals surface area contributed by atoms with Gasteiger partial charge in [-0.25, -0.2) is 9.97 Å². The van der Waals surface area contributed by atoms with Gasteiger partial charge in [0.2, 0.25) is 0 Å². The predicted molar refractivity (Wildman–Crippen MR) is 85.1 cm³/mol. The number of hydrogen-bond donors (Lipinski definition) is 1. The van der Waals surface area contributed by atoms with Gasteiger partial charge >= 0.3 is 0 Å². The van der Waals surface area contributed by atoms with Crippen molar-refractivity contribution < 1.29 is 0 Å². The van der Waals surface area contributed by atoms with Gasteiger partial charge < -0.3 is 5.32 Å². The van der Waals surface area contributed by atoms with Crippen LogP contribution in [0.4, 0.5) is 5.82 Å². The van der Waals surface area contributed by atoms with Gasteiger partial charge in [0, 0.05) is 23.9 Å². The van der Waals surface area contributed by atoms with Crippen molar-refractivity contribution >= 4 is 5.82 Å². The lowest BCUT2D eigenvalue weighted by Gasteiger charge is -2.12. The van der Waals surface area contributed by atoms with Gasteiger partial charge in [-0.2, -0.15) is 0 Å². The first-order chi connectivity index (χ1) is 9.61. The third-order valence-corrected chi connectivity index (χ3v) is 3.28. The molecule has 0 atom stereocenters. The number of rotatable bonds is 5. The third kappa shape index (κ3) is 3.35. The summed E-state index contributed by atoms with van der Waals surface area (Å²) >= 11 is 0. The fourth-order valence-corrected chi connectivity index (χ4v) is 2.05. The van der Waals surface area contributed by atoms with Crippen molar-refractivity contribution in [3.8, 4) is 11.4 Å². The lowest BCUT2D eigenvalue weighted by molar-refractivity contribution is 0.815. The number of nitrogens with one attached hydrogen (secondary N) is 1. The predicted octanol–water partition coefficient (Wildman–Crippen LogP) is 4.40. The molecule has 0 bridgehead atoms. The minimum atomic E-state index is 0.392. The molecule has 106 valence electrons. The quantitative estimate of drug-likeness (QED) is 0.874. The molecule has 20 heavy (non-hydrogen) atoms. The van der Waals surface area contributed by atoms with Gasteiger partial charge in [-0.15, -0.1) is 0 Å². The highest BCUT2D eigenvalue weighted by Gasteiger charge is 2.10. The van der Waals surface area contributed by atoms with Gasteiger partial charge in [0.25, 0.3) is 0 Å². The molecule has 1 aromatic heterocycles. The molecule has 0 saturated heterocycles. The van der Waals surface area contributed by atoms with E-state index in [4.69, 9.17) is 4.98 Å². The first kappa shape index (κ1) is 14.5. The minimum Gasteiger partial charge on any atom is -0.370 e. The number of benzene rings is 1. The molecule has 1 N–H and O–H groups in total. The highest BCUT2D eigenvalue weighted by molar-refractivity contribution is 5.61. The van der Waals surface area contributed by atoms with Crippen LogP contribution < -0.4 is 5.32 Å². The summed E-state index contributed by atoms with van der Waals surface area (Å²) in [6, 6.07) is 10.3. The number of hydrogen-bond acceptors (Lipinski definition) is 3. The fourth-order valence-electron chi connectivity index (χ4n) is 2.05. The standard InChI is InChI=1S/C17H23N3/c1-5-10-18-16-11-15(12(2)3)19-17(20-16)14-9-7-6-8-13(14)4/h6-9,11-12H,5,10H2,1-4H3,(H,18,19,20). The Labute approximate surface area is 121 Å². The number of nitrogens with zero attached hydrogens (tertiary/aromatic N) is 2. The van der Waals surface area contributed by atoms with Crippen molar-refractivity contribution in [2.45, 2.75) is 40.0 Å². The zero-order chi connectivity index (χ0) is 14.5. The molecule has 0 fully saturated rings. The number of anilines is 1. The van der Waals surface area contributed by atoms with E-state index in [9.17, 15) is 0 Å². The second-order valence-electron chi connectivity index (χ2n) is 5.40. The third-order valence-electron chi connectivity index (χ3n) is 3.28. The molecule has 0 spiro atoms. The van der Waals surface area contributed by atoms with Crippen LogP contribution in [0.15, 0.2) is 30.3 Å². The largest absolute Gasteiger partial charge is 0.370 e. The second kappa shape index (κ2) is 6.51. The zero-order valence-corrected chi connectivity index (χ0v) is 12.8. The lowest BCUT2D eigenvalue weighted by atomic mass is 10.1. The molecule has 1 heterocycles. The summed E-state index contributed by atoms with van der Waals surface area (Å²) in [5.41, 5.74) is 3.39. The topological polar surface area (TPSA) is 37.8 Å². The Hall–Kier alpha value is -1.90. The molecule has 0 radical (unpaired) electrons. The van der Waals surface area contributed by atoms with Gasteiger partial charge in [-0.1, -0.05) is 45.0 Å². The van der Waals surface area contributed by atoms with Crippen LogP contribution in [0.1, 0.15) is 44.4 Å². The van der Waals surface area contributed by atoms with Crippen LogP contribution in [0.3, 0.4) is 0 Å². The smallest absolute Gasteiger partial charge is 0.162 e. The maximum Gasteiger partial charge on any atom is 0.162 e. The first-order valence-electron chi connectivity index (χ1n) is 7.30. The molecule has 0 saturated carbocycles. The van der Waals surface area contributed by atoms with E-state index in [0.29, 0.717) is 5.92 Å². The Morgan fingerprint density at radius 2 is 1.90 bits per heavy atom. The van der Waals surface area contributed by atoms with E-state index in [-0.39, 0.29) is 0 Å². The summed E-state index contributed by atoms with van der Waals surface area (Å²) < 4.78 is 0. The summed E-state index contributed by atoms with van der Waals surface area (Å²) in [4.78, 5) is 9.38. The van der Waals surface area contributed by atoms with E-state index < -0.39 is 0 Å². The molecule has 0 aliphatic heterocycles. The zero-order valence-electron chi connectivity index (χ0n) is 12.8. The van der Waals surface area contributed by atoms with Gasteiger partial charge in [0.1, 0.15) is 5.82 Å². The normalized spacial score (nSPS) is 10.8. The van der Waals surface area contributed by atoms with Crippen LogP contribution in [0, 0.1) is 6.92 Å². The molecule has 2 aromatic rings. The molecule has 3 nitrogen and oxygen atoms in total. The van der Waals surface area contributed by atoms with E-state index in [1.807, 2.05) is 12.1 Å². The minimum absolute atomic E-state index is 0.392. The Balaban J connectivity index is 2.46. The average Bonchev–Trinajstić information content (AvgIpc) is 2.45. The van der Waals surface area contributed by atoms with Crippen LogP contribution in [-0.2, 0) is 0 Å². The van der Waals surface area contributed by atoms with E-state index in [0.717, 1.165) is 35.9 Å². The van der Waals surface area contributed by atoms with Crippen LogP contribution in [0.5, 0.6) is 0 Å². The van der Waals surface area contributed by atoms with E-state index in [2.05, 4.69) is 56.2 Å². The van der Waals surface area contributed by atoms with Gasteiger partial charge in [-0.05, 0) is 24.8 Å². The van der Waals surface area contributed by atoms with Crippen molar-refractivity contribution in [1.82, 2.24) is 9.97 Å². The Kier molecular flexibility index (Phi) is 4.72. The second-order valence-corrected chi connectivity index (χ2v) is 5.40. The van der Waals surface area contributed by atoms with Gasteiger partial charge in [0.05, 0.1) is 0 Å².